The third-order valence-corrected chi connectivity index (χ3v) is 11.1. The number of aliphatic hydroxyl groups is 1. The van der Waals surface area contributed by atoms with E-state index in [4.69, 9.17) is 52.7 Å². The van der Waals surface area contributed by atoms with Gasteiger partial charge < -0.3 is 48.7 Å². The third-order valence-electron chi connectivity index (χ3n) is 8.54. The maximum atomic E-state index is 16.1. The van der Waals surface area contributed by atoms with Gasteiger partial charge in [-0.2, -0.15) is 0 Å². The second-order valence-electron chi connectivity index (χ2n) is 11.6. The molecule has 4 aromatic rings. The molecule has 4 unspecified atom stereocenters. The van der Waals surface area contributed by atoms with Crippen molar-refractivity contribution in [3.8, 4) is 0 Å². The zero-order valence-corrected chi connectivity index (χ0v) is 27.1. The quantitative estimate of drug-likeness (QED) is 0.168. The van der Waals surface area contributed by atoms with Crippen molar-refractivity contribution < 1.29 is 51.3 Å². The normalized spacial score (nSPS) is 37.4. The lowest BCUT2D eigenvalue weighted by Gasteiger charge is -2.30. The number of fused-ring (bicyclic) bond motifs is 3. The second kappa shape index (κ2) is 11.8. The van der Waals surface area contributed by atoms with E-state index in [0.717, 1.165) is 5.56 Å². The largest absolute Gasteiger partial charge is 0.386 e. The number of carbonyl (C=O) groups is 1. The van der Waals surface area contributed by atoms with E-state index >= 15 is 4.39 Å². The molecule has 252 valence electrons. The minimum atomic E-state index is -4.51. The fourth-order valence-corrected chi connectivity index (χ4v) is 8.83. The van der Waals surface area contributed by atoms with E-state index in [0.29, 0.717) is 23.1 Å². The molecule has 0 spiro atoms. The van der Waals surface area contributed by atoms with Crippen LogP contribution >= 0.6 is 14.2 Å². The molecule has 10 atom stereocenters. The molecule has 4 aliphatic heterocycles. The molecule has 3 fully saturated rings. The van der Waals surface area contributed by atoms with Crippen molar-refractivity contribution in [3.05, 3.63) is 36.7 Å². The van der Waals surface area contributed by atoms with Crippen LogP contribution in [0.25, 0.3) is 22.2 Å². The lowest BCUT2D eigenvalue weighted by atomic mass is 10.1. The summed E-state index contributed by atoms with van der Waals surface area (Å²) >= 11 is 5.23. The number of nitrogens with zero attached hydrogens (tertiary/aromatic N) is 6. The van der Waals surface area contributed by atoms with Crippen molar-refractivity contribution in [2.24, 2.45) is 0 Å². The number of aromatic nitrogens is 6. The van der Waals surface area contributed by atoms with E-state index in [1.54, 1.807) is 16.8 Å². The van der Waals surface area contributed by atoms with Gasteiger partial charge in [0.05, 0.1) is 25.2 Å². The number of ether oxygens (including phenoxy) is 2. The van der Waals surface area contributed by atoms with Crippen LogP contribution in [0.15, 0.2) is 31.1 Å². The predicted octanol–water partition coefficient (Wildman–Crippen LogP) is 1.15. The van der Waals surface area contributed by atoms with Crippen LogP contribution in [0.1, 0.15) is 24.4 Å². The molecule has 5 N–H and O–H groups in total. The van der Waals surface area contributed by atoms with Crippen LogP contribution in [-0.4, -0.2) is 102 Å². The molecule has 8 rings (SSSR count). The Hall–Kier alpha value is -2.94. The van der Waals surface area contributed by atoms with Crippen LogP contribution < -0.4 is 11.1 Å². The Morgan fingerprint density at radius 2 is 1.81 bits per heavy atom. The maximum Gasteiger partial charge on any atom is 0.325 e. The summed E-state index contributed by atoms with van der Waals surface area (Å²) in [5.41, 5.74) is 7.94. The Morgan fingerprint density at radius 3 is 2.65 bits per heavy atom. The highest BCUT2D eigenvalue weighted by molar-refractivity contribution is 8.07. The van der Waals surface area contributed by atoms with Gasteiger partial charge in [-0.1, -0.05) is 0 Å². The number of nitrogens with one attached hydrogen (secondary N) is 1. The molecule has 1 amide bonds. The fourth-order valence-electron chi connectivity index (χ4n) is 6.38. The van der Waals surface area contributed by atoms with Crippen molar-refractivity contribution in [3.63, 3.8) is 0 Å². The van der Waals surface area contributed by atoms with Gasteiger partial charge in [-0.3, -0.25) is 18.5 Å². The first kappa shape index (κ1) is 32.3. The Bertz CT molecular complexity index is 2040. The van der Waals surface area contributed by atoms with Gasteiger partial charge in [-0.15, -0.1) is 0 Å². The van der Waals surface area contributed by atoms with Gasteiger partial charge in [-0.05, 0) is 29.9 Å². The summed E-state index contributed by atoms with van der Waals surface area (Å²) in [6.07, 6.45) is -5.47. The van der Waals surface area contributed by atoms with Crippen LogP contribution in [0.5, 0.6) is 0 Å². The lowest BCUT2D eigenvalue weighted by Crippen LogP contribution is -2.38. The van der Waals surface area contributed by atoms with Crippen molar-refractivity contribution in [2.75, 3.05) is 24.3 Å². The highest BCUT2D eigenvalue weighted by Gasteiger charge is 2.53. The average Bonchev–Trinajstić information content (AvgIpc) is 3.75. The van der Waals surface area contributed by atoms with Crippen molar-refractivity contribution >= 4 is 73.2 Å². The number of aliphatic hydroxyl groups excluding tert-OH is 1. The van der Waals surface area contributed by atoms with E-state index in [-0.39, 0.29) is 29.3 Å². The predicted molar refractivity (Wildman–Crippen MR) is 167 cm³/mol. The van der Waals surface area contributed by atoms with Gasteiger partial charge >= 0.3 is 6.72 Å². The summed E-state index contributed by atoms with van der Waals surface area (Å²) in [6, 6.07) is 1.66. The molecule has 0 saturated carbocycles. The molecule has 4 aromatic heterocycles. The Balaban J connectivity index is 1.08. The number of aryl methyl sites for hydroxylation is 1. The van der Waals surface area contributed by atoms with Gasteiger partial charge in [0.25, 0.3) is 7.47 Å². The fraction of sp³-hybridized carbons (Fsp3) is 0.480. The number of hydrogen-bond acceptors (Lipinski definition) is 15. The minimum Gasteiger partial charge on any atom is -0.386 e. The number of pyridine rings is 1. The first-order chi connectivity index (χ1) is 22.9. The van der Waals surface area contributed by atoms with Gasteiger partial charge in [-0.25, -0.2) is 24.3 Å². The summed E-state index contributed by atoms with van der Waals surface area (Å²) in [7, 11) is 1.46. The highest BCUT2D eigenvalue weighted by atomic mass is 32.5. The minimum absolute atomic E-state index is 0.0602. The van der Waals surface area contributed by atoms with Crippen molar-refractivity contribution in [1.82, 2.24) is 29.1 Å². The summed E-state index contributed by atoms with van der Waals surface area (Å²) in [6.45, 7) is -5.43. The zero-order valence-electron chi connectivity index (χ0n) is 24.5. The summed E-state index contributed by atoms with van der Waals surface area (Å²) < 4.78 is 66.7. The van der Waals surface area contributed by atoms with Crippen LogP contribution in [-0.2, 0) is 55.2 Å². The summed E-state index contributed by atoms with van der Waals surface area (Å²) in [5.74, 6) is -0.0878. The number of alkyl halides is 1. The molecule has 3 saturated heterocycles. The number of rotatable bonds is 2. The molecule has 0 aromatic carbocycles. The van der Waals surface area contributed by atoms with E-state index in [2.05, 4.69) is 25.3 Å². The molecule has 0 aliphatic carbocycles. The number of imidazole rings is 1. The van der Waals surface area contributed by atoms with Gasteiger partial charge in [0.1, 0.15) is 48.0 Å². The van der Waals surface area contributed by atoms with Crippen LogP contribution in [0.4, 0.5) is 15.9 Å². The molecule has 0 bridgehead atoms. The van der Waals surface area contributed by atoms with Crippen LogP contribution in [0, 0.1) is 0 Å². The smallest absolute Gasteiger partial charge is 0.325 e. The van der Waals surface area contributed by atoms with E-state index in [1.165, 1.54) is 23.4 Å². The van der Waals surface area contributed by atoms with Crippen LogP contribution in [0.2, 0.25) is 0 Å². The maximum absolute atomic E-state index is 16.1. The van der Waals surface area contributed by atoms with Crippen molar-refractivity contribution in [1.29, 1.82) is 0 Å². The average molecular weight is 722 g/mol. The topological polar surface area (TPSA) is 229 Å². The Labute approximate surface area is 276 Å². The SMILES string of the molecule is [B]P1(=O)OC[C@H]2O[C@@H](n3cnc4c(N)ncnc43)C(F)[C@H]2OP(O)(=S)OC[C@H]2O[C@@H](n3cc4c5c(ccnc53)NC(=O)CC4)[C@@H](O)C2O1. The monoisotopic (exact) mass is 722 g/mol. The highest BCUT2D eigenvalue weighted by Crippen LogP contribution is 2.54. The Kier molecular flexibility index (Phi) is 7.97. The van der Waals surface area contributed by atoms with Gasteiger partial charge in [0.15, 0.2) is 30.1 Å². The molecule has 8 heterocycles. The molecule has 48 heavy (non-hydrogen) atoms. The molecule has 2 radical (unpaired) electrons. The molecular formula is C25H26BFN8O10P2S. The number of nitrogens with two attached hydrogens (primary N) is 1. The van der Waals surface area contributed by atoms with Gasteiger partial charge in [0, 0.05) is 24.2 Å². The molecular weight excluding hydrogens is 696 g/mol. The molecule has 18 nitrogen and oxygen atoms in total. The lowest BCUT2D eigenvalue weighted by molar-refractivity contribution is -0.116. The van der Waals surface area contributed by atoms with Crippen molar-refractivity contribution in [2.45, 2.75) is 62.0 Å². The first-order valence-electron chi connectivity index (χ1n) is 14.6. The number of halogens is 1. The standard InChI is InChI=1S/C25H26BFN8O10P2S/c26-46(38)40-6-12-19(16(27)24(42-12)35-9-32-17-21(28)30-8-31-23(17)35)45-47(39,48)41-7-13-20(44-46)18(37)25(43-13)34-5-10-1-2-14(36)33-11-3-4-29-22(34)15(10)11/h3-5,8-9,12-13,16,18-20,24-25,37H,1-2,6-7H2,(H,33,36)(H,39,48)(H2,28,30,31)/t12-,13-,16?,18+,19+,20?,24-,25-,46?,47?/m1/s1. The first-order valence-corrected chi connectivity index (χ1v) is 18.8. The van der Waals surface area contributed by atoms with E-state index in [1.807, 2.05) is 0 Å². The van der Waals surface area contributed by atoms with Gasteiger partial charge in [0.2, 0.25) is 13.5 Å². The van der Waals surface area contributed by atoms with E-state index < -0.39 is 76.6 Å². The number of anilines is 2. The van der Waals surface area contributed by atoms with E-state index in [9.17, 15) is 19.4 Å². The zero-order chi connectivity index (χ0) is 33.5. The number of nitrogen functional groups attached to an aromatic ring is 1. The second-order valence-corrected chi connectivity index (χ2v) is 15.9. The number of hydrogen-bond donors (Lipinski definition) is 4. The summed E-state index contributed by atoms with van der Waals surface area (Å²) in [4.78, 5) is 39.8. The molecule has 23 heteroatoms. The Morgan fingerprint density at radius 1 is 1.04 bits per heavy atom. The molecule has 4 aliphatic rings. The number of amides is 1. The number of carbonyl (C=O) groups excluding carboxylic acids is 1. The summed E-state index contributed by atoms with van der Waals surface area (Å²) in [5, 5.41) is 15.0. The van der Waals surface area contributed by atoms with Crippen LogP contribution in [0.3, 0.4) is 0 Å². The third kappa shape index (κ3) is 5.56.